The van der Waals surface area contributed by atoms with E-state index in [2.05, 4.69) is 0 Å². The van der Waals surface area contributed by atoms with Crippen LogP contribution in [0.4, 0.5) is 13.2 Å². The summed E-state index contributed by atoms with van der Waals surface area (Å²) in [5, 5.41) is 10.1. The topological polar surface area (TPSA) is 49.3 Å². The van der Waals surface area contributed by atoms with E-state index >= 15 is 0 Å². The predicted molar refractivity (Wildman–Crippen MR) is 35.3 cm³/mol. The molecule has 72 valence electrons. The zero-order valence-electron chi connectivity index (χ0n) is 6.48. The van der Waals surface area contributed by atoms with Gasteiger partial charge in [0, 0.05) is 13.2 Å². The molecule has 2 N–H and O–H groups in total. The van der Waals surface area contributed by atoms with Crippen LogP contribution in [0.5, 0.6) is 0 Å². The van der Waals surface area contributed by atoms with E-state index in [9.17, 15) is 18.0 Å². The third-order valence-electron chi connectivity index (χ3n) is 1.18. The van der Waals surface area contributed by atoms with Gasteiger partial charge in [-0.05, 0) is 5.92 Å². The van der Waals surface area contributed by atoms with Crippen molar-refractivity contribution in [1.29, 1.82) is 0 Å². The fraction of sp³-hybridized carbons (Fsp3) is 0.833. The Hall–Kier alpha value is -0.780. The molecule has 0 rings (SSSR count). The molecule has 0 heterocycles. The molecule has 0 saturated carbocycles. The van der Waals surface area contributed by atoms with Crippen molar-refractivity contribution in [2.75, 3.05) is 13.2 Å². The summed E-state index contributed by atoms with van der Waals surface area (Å²) >= 11 is 0. The molecule has 0 aliphatic rings. The highest BCUT2D eigenvalue weighted by Gasteiger charge is 2.38. The van der Waals surface area contributed by atoms with E-state index in [0.29, 0.717) is 0 Å². The predicted octanol–water partition coefficient (Wildman–Crippen LogP) is 0.293. The SMILES string of the molecule is CC(CO)CNC(=O)C(F)(F)F. The van der Waals surface area contributed by atoms with Crippen LogP contribution < -0.4 is 5.32 Å². The molecule has 0 spiro atoms. The number of amides is 1. The lowest BCUT2D eigenvalue weighted by atomic mass is 10.2. The number of rotatable bonds is 3. The maximum Gasteiger partial charge on any atom is 0.471 e. The highest BCUT2D eigenvalue weighted by Crippen LogP contribution is 2.13. The van der Waals surface area contributed by atoms with E-state index in [1.54, 1.807) is 5.32 Å². The highest BCUT2D eigenvalue weighted by molar-refractivity contribution is 5.81. The third kappa shape index (κ3) is 4.17. The van der Waals surface area contributed by atoms with Crippen LogP contribution in [0, 0.1) is 5.92 Å². The van der Waals surface area contributed by atoms with E-state index < -0.39 is 12.1 Å². The summed E-state index contributed by atoms with van der Waals surface area (Å²) in [7, 11) is 0. The zero-order chi connectivity index (χ0) is 9.78. The molecule has 0 fully saturated rings. The fourth-order valence-electron chi connectivity index (χ4n) is 0.432. The Morgan fingerprint density at radius 3 is 2.42 bits per heavy atom. The largest absolute Gasteiger partial charge is 0.471 e. The molecule has 0 aromatic carbocycles. The second-order valence-electron chi connectivity index (χ2n) is 2.50. The molecule has 1 atom stereocenters. The Kier molecular flexibility index (Phi) is 4.02. The van der Waals surface area contributed by atoms with Gasteiger partial charge in [-0.1, -0.05) is 6.92 Å². The second-order valence-corrected chi connectivity index (χ2v) is 2.50. The smallest absolute Gasteiger partial charge is 0.396 e. The van der Waals surface area contributed by atoms with Crippen molar-refractivity contribution in [2.24, 2.45) is 5.92 Å². The molecular formula is C6H10F3NO2. The maximum atomic E-state index is 11.5. The number of hydrogen-bond donors (Lipinski definition) is 2. The van der Waals surface area contributed by atoms with Crippen molar-refractivity contribution < 1.29 is 23.1 Å². The lowest BCUT2D eigenvalue weighted by Gasteiger charge is -2.10. The molecule has 12 heavy (non-hydrogen) atoms. The van der Waals surface area contributed by atoms with E-state index in [0.717, 1.165) is 0 Å². The van der Waals surface area contributed by atoms with Crippen molar-refractivity contribution in [3.05, 3.63) is 0 Å². The number of alkyl halides is 3. The second kappa shape index (κ2) is 4.30. The molecular weight excluding hydrogens is 175 g/mol. The van der Waals surface area contributed by atoms with Gasteiger partial charge in [0.05, 0.1) is 0 Å². The summed E-state index contributed by atoms with van der Waals surface area (Å²) in [6.45, 7) is 1.10. The first kappa shape index (κ1) is 11.2. The summed E-state index contributed by atoms with van der Waals surface area (Å²) < 4.78 is 34.6. The Balaban J connectivity index is 3.73. The molecule has 1 amide bonds. The van der Waals surface area contributed by atoms with Crippen LogP contribution in [-0.4, -0.2) is 30.3 Å². The van der Waals surface area contributed by atoms with Gasteiger partial charge in [-0.2, -0.15) is 13.2 Å². The number of aliphatic hydroxyl groups is 1. The van der Waals surface area contributed by atoms with Crippen LogP contribution in [0.15, 0.2) is 0 Å². The first-order chi connectivity index (χ1) is 5.38. The van der Waals surface area contributed by atoms with Gasteiger partial charge in [0.25, 0.3) is 0 Å². The molecule has 0 aliphatic carbocycles. The molecule has 0 aromatic rings. The normalized spacial score (nSPS) is 14.1. The Morgan fingerprint density at radius 2 is 2.08 bits per heavy atom. The van der Waals surface area contributed by atoms with Crippen LogP contribution in [0.3, 0.4) is 0 Å². The fourth-order valence-corrected chi connectivity index (χ4v) is 0.432. The minimum atomic E-state index is -4.84. The lowest BCUT2D eigenvalue weighted by Crippen LogP contribution is -2.39. The van der Waals surface area contributed by atoms with Gasteiger partial charge < -0.3 is 10.4 Å². The van der Waals surface area contributed by atoms with Crippen molar-refractivity contribution in [3.63, 3.8) is 0 Å². The number of carbonyl (C=O) groups is 1. The first-order valence-corrected chi connectivity index (χ1v) is 3.33. The highest BCUT2D eigenvalue weighted by atomic mass is 19.4. The Labute approximate surface area is 67.6 Å². The summed E-state index contributed by atoms with van der Waals surface area (Å²) in [6.07, 6.45) is -4.84. The van der Waals surface area contributed by atoms with Gasteiger partial charge in [0.2, 0.25) is 0 Å². The lowest BCUT2D eigenvalue weighted by molar-refractivity contribution is -0.173. The monoisotopic (exact) mass is 185 g/mol. The zero-order valence-corrected chi connectivity index (χ0v) is 6.48. The number of halogens is 3. The first-order valence-electron chi connectivity index (χ1n) is 3.33. The van der Waals surface area contributed by atoms with Crippen molar-refractivity contribution in [2.45, 2.75) is 13.1 Å². The van der Waals surface area contributed by atoms with Crippen LogP contribution >= 0.6 is 0 Å². The van der Waals surface area contributed by atoms with E-state index in [-0.39, 0.29) is 19.1 Å². The van der Waals surface area contributed by atoms with E-state index in [1.165, 1.54) is 6.92 Å². The molecule has 1 unspecified atom stereocenters. The van der Waals surface area contributed by atoms with Gasteiger partial charge in [-0.25, -0.2) is 0 Å². The molecule has 0 bridgehead atoms. The van der Waals surface area contributed by atoms with Crippen molar-refractivity contribution in [1.82, 2.24) is 5.32 Å². The average Bonchev–Trinajstić information content (AvgIpc) is 1.97. The van der Waals surface area contributed by atoms with Crippen molar-refractivity contribution in [3.8, 4) is 0 Å². The summed E-state index contributed by atoms with van der Waals surface area (Å²) in [4.78, 5) is 10.2. The summed E-state index contributed by atoms with van der Waals surface area (Å²) in [5.41, 5.74) is 0. The number of carbonyl (C=O) groups excluding carboxylic acids is 1. The van der Waals surface area contributed by atoms with Gasteiger partial charge in [0.15, 0.2) is 0 Å². The molecule has 0 radical (unpaired) electrons. The molecule has 0 saturated heterocycles. The minimum Gasteiger partial charge on any atom is -0.396 e. The van der Waals surface area contributed by atoms with E-state index in [1.807, 2.05) is 0 Å². The molecule has 6 heteroatoms. The maximum absolute atomic E-state index is 11.5. The molecule has 0 aromatic heterocycles. The van der Waals surface area contributed by atoms with Crippen LogP contribution in [0.1, 0.15) is 6.92 Å². The molecule has 3 nitrogen and oxygen atoms in total. The van der Waals surface area contributed by atoms with Gasteiger partial charge >= 0.3 is 12.1 Å². The van der Waals surface area contributed by atoms with Gasteiger partial charge in [0.1, 0.15) is 0 Å². The summed E-state index contributed by atoms with van der Waals surface area (Å²) in [6, 6.07) is 0. The van der Waals surface area contributed by atoms with Gasteiger partial charge in [-0.3, -0.25) is 4.79 Å². The van der Waals surface area contributed by atoms with Gasteiger partial charge in [-0.15, -0.1) is 0 Å². The molecule has 0 aliphatic heterocycles. The third-order valence-corrected chi connectivity index (χ3v) is 1.18. The number of nitrogens with one attached hydrogen (secondary N) is 1. The number of aliphatic hydroxyl groups excluding tert-OH is 1. The van der Waals surface area contributed by atoms with Crippen LogP contribution in [0.25, 0.3) is 0 Å². The minimum absolute atomic E-state index is 0.172. The number of hydrogen-bond acceptors (Lipinski definition) is 2. The van der Waals surface area contributed by atoms with Crippen LogP contribution in [0.2, 0.25) is 0 Å². The standard InChI is InChI=1S/C6H10F3NO2/c1-4(3-11)2-10-5(12)6(7,8)9/h4,11H,2-3H2,1H3,(H,10,12). The van der Waals surface area contributed by atoms with Crippen molar-refractivity contribution >= 4 is 5.91 Å². The van der Waals surface area contributed by atoms with Crippen LogP contribution in [-0.2, 0) is 4.79 Å². The average molecular weight is 185 g/mol. The summed E-state index contributed by atoms with van der Waals surface area (Å²) in [5.74, 6) is -2.33. The van der Waals surface area contributed by atoms with E-state index in [4.69, 9.17) is 5.11 Å². The Morgan fingerprint density at radius 1 is 1.58 bits per heavy atom. The quantitative estimate of drug-likeness (QED) is 0.664. The Bertz CT molecular complexity index is 157.